The van der Waals surface area contributed by atoms with E-state index in [2.05, 4.69) is 18.3 Å². The summed E-state index contributed by atoms with van der Waals surface area (Å²) in [4.78, 5) is 0. The number of hydrogen-bond acceptors (Lipinski definition) is 3. The highest BCUT2D eigenvalue weighted by Gasteiger charge is 2.26. The molecule has 1 saturated heterocycles. The van der Waals surface area contributed by atoms with Gasteiger partial charge in [0.25, 0.3) is 0 Å². The first-order valence-corrected chi connectivity index (χ1v) is 6.18. The van der Waals surface area contributed by atoms with Gasteiger partial charge in [-0.15, -0.1) is 0 Å². The summed E-state index contributed by atoms with van der Waals surface area (Å²) in [5.41, 5.74) is 1.29. The molecule has 1 N–H and O–H groups in total. The molecule has 0 saturated carbocycles. The summed E-state index contributed by atoms with van der Waals surface area (Å²) in [7, 11) is 1.71. The molecule has 3 nitrogen and oxygen atoms in total. The summed E-state index contributed by atoms with van der Waals surface area (Å²) in [5.74, 6) is 0.945. The van der Waals surface area contributed by atoms with Crippen molar-refractivity contribution in [2.24, 2.45) is 0 Å². The van der Waals surface area contributed by atoms with E-state index in [1.165, 1.54) is 12.0 Å². The molecule has 0 radical (unpaired) electrons. The van der Waals surface area contributed by atoms with Gasteiger partial charge in [-0.25, -0.2) is 0 Å². The fourth-order valence-corrected chi connectivity index (χ4v) is 2.23. The van der Waals surface area contributed by atoms with Crippen molar-refractivity contribution in [3.8, 4) is 5.75 Å². The van der Waals surface area contributed by atoms with E-state index in [0.717, 1.165) is 31.9 Å². The van der Waals surface area contributed by atoms with Gasteiger partial charge in [-0.2, -0.15) is 0 Å². The van der Waals surface area contributed by atoms with Crippen molar-refractivity contribution in [1.29, 1.82) is 0 Å². The quantitative estimate of drug-likeness (QED) is 0.869. The Kier molecular flexibility index (Phi) is 4.02. The summed E-state index contributed by atoms with van der Waals surface area (Å²) < 4.78 is 10.9. The van der Waals surface area contributed by atoms with E-state index in [9.17, 15) is 0 Å². The highest BCUT2D eigenvalue weighted by atomic mass is 16.5. The number of para-hydroxylation sites is 1. The molecule has 17 heavy (non-hydrogen) atoms. The van der Waals surface area contributed by atoms with Crippen LogP contribution in [0, 0.1) is 0 Å². The minimum atomic E-state index is 0.0963. The second-order valence-corrected chi connectivity index (χ2v) is 4.88. The predicted molar refractivity (Wildman–Crippen MR) is 68.3 cm³/mol. The smallest absolute Gasteiger partial charge is 0.123 e. The van der Waals surface area contributed by atoms with E-state index in [1.54, 1.807) is 7.11 Å². The van der Waals surface area contributed by atoms with Crippen LogP contribution in [0.15, 0.2) is 24.3 Å². The number of benzene rings is 1. The lowest BCUT2D eigenvalue weighted by molar-refractivity contribution is 0.0277. The third-order valence-electron chi connectivity index (χ3n) is 3.34. The minimum absolute atomic E-state index is 0.0963. The second kappa shape index (κ2) is 5.52. The Balaban J connectivity index is 1.96. The molecule has 3 heteroatoms. The van der Waals surface area contributed by atoms with Crippen molar-refractivity contribution in [2.45, 2.75) is 31.8 Å². The van der Waals surface area contributed by atoms with Gasteiger partial charge in [-0.3, -0.25) is 0 Å². The van der Waals surface area contributed by atoms with Gasteiger partial charge in [0.2, 0.25) is 0 Å². The molecule has 1 aromatic carbocycles. The third kappa shape index (κ3) is 3.20. The van der Waals surface area contributed by atoms with Crippen molar-refractivity contribution < 1.29 is 9.47 Å². The van der Waals surface area contributed by atoms with E-state index < -0.39 is 0 Å². The van der Waals surface area contributed by atoms with E-state index in [1.807, 2.05) is 18.2 Å². The Labute approximate surface area is 103 Å². The van der Waals surface area contributed by atoms with Gasteiger partial charge in [-0.1, -0.05) is 18.2 Å². The zero-order valence-corrected chi connectivity index (χ0v) is 10.7. The maximum Gasteiger partial charge on any atom is 0.123 e. The van der Waals surface area contributed by atoms with E-state index >= 15 is 0 Å². The van der Waals surface area contributed by atoms with Crippen molar-refractivity contribution in [1.82, 2.24) is 5.32 Å². The Morgan fingerprint density at radius 2 is 2.24 bits per heavy atom. The molecule has 94 valence electrons. The van der Waals surface area contributed by atoms with Gasteiger partial charge in [0, 0.05) is 24.3 Å². The third-order valence-corrected chi connectivity index (χ3v) is 3.34. The number of hydrogen-bond donors (Lipinski definition) is 1. The fraction of sp³-hybridized carbons (Fsp3) is 0.571. The molecule has 1 fully saturated rings. The molecular formula is C14H21NO2. The Morgan fingerprint density at radius 1 is 1.41 bits per heavy atom. The van der Waals surface area contributed by atoms with Crippen LogP contribution in [-0.4, -0.2) is 25.9 Å². The lowest BCUT2D eigenvalue weighted by Crippen LogP contribution is -2.48. The summed E-state index contributed by atoms with van der Waals surface area (Å²) in [5, 5.41) is 3.58. The fourth-order valence-electron chi connectivity index (χ4n) is 2.23. The molecule has 1 aromatic rings. The SMILES string of the molecule is COc1ccccc1CNC1(C)CCCOC1. The van der Waals surface area contributed by atoms with E-state index in [4.69, 9.17) is 9.47 Å². The first-order valence-electron chi connectivity index (χ1n) is 6.18. The Bertz CT molecular complexity index is 359. The van der Waals surface area contributed by atoms with Crippen LogP contribution in [0.1, 0.15) is 25.3 Å². The summed E-state index contributed by atoms with van der Waals surface area (Å²) >= 11 is 0. The second-order valence-electron chi connectivity index (χ2n) is 4.88. The molecule has 0 aromatic heterocycles. The van der Waals surface area contributed by atoms with Gasteiger partial charge in [0.1, 0.15) is 5.75 Å². The topological polar surface area (TPSA) is 30.5 Å². The van der Waals surface area contributed by atoms with Crippen molar-refractivity contribution in [3.63, 3.8) is 0 Å². The molecule has 0 spiro atoms. The van der Waals surface area contributed by atoms with Crippen LogP contribution in [-0.2, 0) is 11.3 Å². The van der Waals surface area contributed by atoms with Gasteiger partial charge in [0.05, 0.1) is 13.7 Å². The predicted octanol–water partition coefficient (Wildman–Crippen LogP) is 2.35. The molecular weight excluding hydrogens is 214 g/mol. The number of methoxy groups -OCH3 is 1. The maximum atomic E-state index is 5.54. The first kappa shape index (κ1) is 12.4. The monoisotopic (exact) mass is 235 g/mol. The Morgan fingerprint density at radius 3 is 2.94 bits per heavy atom. The Hall–Kier alpha value is -1.06. The summed E-state index contributed by atoms with van der Waals surface area (Å²) in [6.07, 6.45) is 2.30. The summed E-state index contributed by atoms with van der Waals surface area (Å²) in [6, 6.07) is 8.13. The standard InChI is InChI=1S/C14H21NO2/c1-14(8-5-9-17-11-14)15-10-12-6-3-4-7-13(12)16-2/h3-4,6-7,15H,5,8-11H2,1-2H3. The molecule has 1 aliphatic heterocycles. The number of nitrogens with one attached hydrogen (secondary N) is 1. The van der Waals surface area contributed by atoms with Crippen LogP contribution in [0.5, 0.6) is 5.75 Å². The zero-order valence-electron chi connectivity index (χ0n) is 10.7. The van der Waals surface area contributed by atoms with Crippen LogP contribution < -0.4 is 10.1 Å². The molecule has 0 amide bonds. The van der Waals surface area contributed by atoms with Crippen LogP contribution in [0.25, 0.3) is 0 Å². The minimum Gasteiger partial charge on any atom is -0.496 e. The first-order chi connectivity index (χ1) is 8.23. The van der Waals surface area contributed by atoms with E-state index in [-0.39, 0.29) is 5.54 Å². The van der Waals surface area contributed by atoms with Gasteiger partial charge >= 0.3 is 0 Å². The van der Waals surface area contributed by atoms with Crippen molar-refractivity contribution in [2.75, 3.05) is 20.3 Å². The molecule has 1 aliphatic rings. The molecule has 0 aliphatic carbocycles. The molecule has 1 heterocycles. The molecule has 2 rings (SSSR count). The van der Waals surface area contributed by atoms with Gasteiger partial charge in [0.15, 0.2) is 0 Å². The lowest BCUT2D eigenvalue weighted by atomic mass is 9.94. The van der Waals surface area contributed by atoms with Crippen LogP contribution >= 0.6 is 0 Å². The zero-order chi connectivity index (χ0) is 12.1. The lowest BCUT2D eigenvalue weighted by Gasteiger charge is -2.34. The van der Waals surface area contributed by atoms with Crippen molar-refractivity contribution >= 4 is 0 Å². The van der Waals surface area contributed by atoms with E-state index in [0.29, 0.717) is 0 Å². The van der Waals surface area contributed by atoms with Crippen LogP contribution in [0.2, 0.25) is 0 Å². The van der Waals surface area contributed by atoms with Crippen LogP contribution in [0.4, 0.5) is 0 Å². The van der Waals surface area contributed by atoms with Crippen molar-refractivity contribution in [3.05, 3.63) is 29.8 Å². The number of ether oxygens (including phenoxy) is 2. The van der Waals surface area contributed by atoms with Gasteiger partial charge < -0.3 is 14.8 Å². The average Bonchev–Trinajstić information content (AvgIpc) is 2.38. The molecule has 0 bridgehead atoms. The maximum absolute atomic E-state index is 5.54. The highest BCUT2D eigenvalue weighted by Crippen LogP contribution is 2.21. The largest absolute Gasteiger partial charge is 0.496 e. The molecule has 1 atom stereocenters. The van der Waals surface area contributed by atoms with Gasteiger partial charge in [-0.05, 0) is 25.8 Å². The highest BCUT2D eigenvalue weighted by molar-refractivity contribution is 5.33. The average molecular weight is 235 g/mol. The van der Waals surface area contributed by atoms with Crippen LogP contribution in [0.3, 0.4) is 0 Å². The normalized spacial score (nSPS) is 24.6. The molecule has 1 unspecified atom stereocenters. The number of rotatable bonds is 4. The summed E-state index contributed by atoms with van der Waals surface area (Å²) in [6.45, 7) is 4.74.